The van der Waals surface area contributed by atoms with E-state index in [4.69, 9.17) is 10.7 Å². The number of hydrogen-bond donors (Lipinski definition) is 1. The molecule has 3 nitrogen and oxygen atoms in total. The van der Waals surface area contributed by atoms with Crippen LogP contribution in [0.15, 0.2) is 29.6 Å². The van der Waals surface area contributed by atoms with Crippen LogP contribution in [0.2, 0.25) is 0 Å². The normalized spacial score (nSPS) is 20.2. The Kier molecular flexibility index (Phi) is 4.15. The summed E-state index contributed by atoms with van der Waals surface area (Å²) in [7, 11) is 0. The average Bonchev–Trinajstić information content (AvgIpc) is 2.88. The van der Waals surface area contributed by atoms with Crippen LogP contribution in [0.1, 0.15) is 24.1 Å². The van der Waals surface area contributed by atoms with Crippen molar-refractivity contribution in [3.63, 3.8) is 0 Å². The fraction of sp³-hybridized carbons (Fsp3) is 0.438. The van der Waals surface area contributed by atoms with Crippen LogP contribution in [0.3, 0.4) is 0 Å². The molecule has 0 spiro atoms. The second kappa shape index (κ2) is 6.04. The van der Waals surface area contributed by atoms with Gasteiger partial charge < -0.3 is 5.73 Å². The Morgan fingerprint density at radius 1 is 1.35 bits per heavy atom. The Balaban J connectivity index is 1.69. The van der Waals surface area contributed by atoms with Crippen molar-refractivity contribution in [3.05, 3.63) is 40.9 Å². The number of piperidine rings is 1. The van der Waals surface area contributed by atoms with Gasteiger partial charge in [-0.1, -0.05) is 29.8 Å². The smallest absolute Gasteiger partial charge is 0.123 e. The maximum atomic E-state index is 6.03. The first kappa shape index (κ1) is 13.7. The first-order chi connectivity index (χ1) is 9.70. The first-order valence-electron chi connectivity index (χ1n) is 7.20. The van der Waals surface area contributed by atoms with Crippen LogP contribution in [0.4, 0.5) is 0 Å². The van der Waals surface area contributed by atoms with Gasteiger partial charge in [0.25, 0.3) is 0 Å². The second-order valence-corrected chi connectivity index (χ2v) is 6.51. The molecular formula is C16H21N3S. The zero-order valence-corrected chi connectivity index (χ0v) is 12.7. The summed E-state index contributed by atoms with van der Waals surface area (Å²) in [5, 5.41) is 3.29. The predicted molar refractivity (Wildman–Crippen MR) is 84.8 cm³/mol. The molecule has 0 bridgehead atoms. The third-order valence-electron chi connectivity index (χ3n) is 3.78. The lowest BCUT2D eigenvalue weighted by atomic mass is 10.1. The molecule has 0 unspecified atom stereocenters. The highest BCUT2D eigenvalue weighted by Crippen LogP contribution is 2.25. The highest BCUT2D eigenvalue weighted by atomic mass is 32.1. The third kappa shape index (κ3) is 3.26. The van der Waals surface area contributed by atoms with Gasteiger partial charge in [0.15, 0.2) is 0 Å². The number of nitrogens with two attached hydrogens (primary N) is 1. The van der Waals surface area contributed by atoms with Gasteiger partial charge in [-0.2, -0.15) is 0 Å². The zero-order valence-electron chi connectivity index (χ0n) is 11.9. The van der Waals surface area contributed by atoms with Gasteiger partial charge in [-0.25, -0.2) is 4.98 Å². The van der Waals surface area contributed by atoms with E-state index >= 15 is 0 Å². The van der Waals surface area contributed by atoms with Crippen LogP contribution in [0.5, 0.6) is 0 Å². The van der Waals surface area contributed by atoms with Crippen LogP contribution < -0.4 is 5.73 Å². The minimum atomic E-state index is 0.332. The fourth-order valence-corrected chi connectivity index (χ4v) is 3.49. The van der Waals surface area contributed by atoms with Crippen LogP contribution in [-0.4, -0.2) is 29.0 Å². The largest absolute Gasteiger partial charge is 0.327 e. The molecule has 2 N–H and O–H groups in total. The SMILES string of the molecule is Cc1ccc(-c2nc(CN3CCC[C@@H](N)C3)cs2)cc1. The van der Waals surface area contributed by atoms with E-state index in [2.05, 4.69) is 41.5 Å². The second-order valence-electron chi connectivity index (χ2n) is 5.65. The molecule has 1 fully saturated rings. The van der Waals surface area contributed by atoms with Gasteiger partial charge in [0, 0.05) is 30.1 Å². The quantitative estimate of drug-likeness (QED) is 0.943. The van der Waals surface area contributed by atoms with Crippen molar-refractivity contribution in [2.75, 3.05) is 13.1 Å². The monoisotopic (exact) mass is 287 g/mol. The van der Waals surface area contributed by atoms with Gasteiger partial charge >= 0.3 is 0 Å². The summed E-state index contributed by atoms with van der Waals surface area (Å²) in [6.45, 7) is 5.18. The Morgan fingerprint density at radius 2 is 2.15 bits per heavy atom. The Hall–Kier alpha value is -1.23. The molecule has 1 atom stereocenters. The van der Waals surface area contributed by atoms with Gasteiger partial charge in [-0.15, -0.1) is 11.3 Å². The van der Waals surface area contributed by atoms with Crippen molar-refractivity contribution < 1.29 is 0 Å². The average molecular weight is 287 g/mol. The van der Waals surface area contributed by atoms with Gasteiger partial charge in [0.05, 0.1) is 5.69 Å². The summed E-state index contributed by atoms with van der Waals surface area (Å²) in [4.78, 5) is 7.18. The minimum Gasteiger partial charge on any atom is -0.327 e. The van der Waals surface area contributed by atoms with E-state index in [1.54, 1.807) is 11.3 Å². The van der Waals surface area contributed by atoms with Crippen molar-refractivity contribution in [1.29, 1.82) is 0 Å². The first-order valence-corrected chi connectivity index (χ1v) is 8.08. The van der Waals surface area contributed by atoms with Crippen LogP contribution in [0, 0.1) is 6.92 Å². The number of likely N-dealkylation sites (tertiary alicyclic amines) is 1. The summed E-state index contributed by atoms with van der Waals surface area (Å²) < 4.78 is 0. The van der Waals surface area contributed by atoms with E-state index in [0.717, 1.165) is 31.1 Å². The number of aromatic nitrogens is 1. The Morgan fingerprint density at radius 3 is 2.90 bits per heavy atom. The maximum Gasteiger partial charge on any atom is 0.123 e. The molecule has 1 aromatic carbocycles. The number of rotatable bonds is 3. The number of thiazole rings is 1. The molecule has 0 radical (unpaired) electrons. The van der Waals surface area contributed by atoms with Crippen LogP contribution in [-0.2, 0) is 6.54 Å². The molecule has 1 aromatic heterocycles. The van der Waals surface area contributed by atoms with Gasteiger partial charge in [0.1, 0.15) is 5.01 Å². The van der Waals surface area contributed by atoms with Gasteiger partial charge in [-0.3, -0.25) is 4.90 Å². The van der Waals surface area contributed by atoms with E-state index in [1.807, 2.05) is 0 Å². The van der Waals surface area contributed by atoms with Crippen molar-refractivity contribution in [2.24, 2.45) is 5.73 Å². The maximum absolute atomic E-state index is 6.03. The lowest BCUT2D eigenvalue weighted by molar-refractivity contribution is 0.200. The molecule has 0 saturated carbocycles. The van der Waals surface area contributed by atoms with E-state index in [0.29, 0.717) is 6.04 Å². The van der Waals surface area contributed by atoms with Crippen molar-refractivity contribution in [2.45, 2.75) is 32.4 Å². The van der Waals surface area contributed by atoms with Gasteiger partial charge in [0.2, 0.25) is 0 Å². The lowest BCUT2D eigenvalue weighted by Gasteiger charge is -2.29. The summed E-state index contributed by atoms with van der Waals surface area (Å²) >= 11 is 1.73. The summed E-state index contributed by atoms with van der Waals surface area (Å²) in [6.07, 6.45) is 2.36. The molecule has 0 aliphatic carbocycles. The molecule has 1 aliphatic heterocycles. The number of hydrogen-bond acceptors (Lipinski definition) is 4. The predicted octanol–water partition coefficient (Wildman–Crippen LogP) is 3.04. The molecule has 106 valence electrons. The highest BCUT2D eigenvalue weighted by Gasteiger charge is 2.17. The fourth-order valence-electron chi connectivity index (χ4n) is 2.67. The zero-order chi connectivity index (χ0) is 13.9. The van der Waals surface area contributed by atoms with E-state index in [-0.39, 0.29) is 0 Å². The Labute approximate surface area is 124 Å². The summed E-state index contributed by atoms with van der Waals surface area (Å²) in [5.41, 5.74) is 9.69. The van der Waals surface area contributed by atoms with Crippen LogP contribution >= 0.6 is 11.3 Å². The van der Waals surface area contributed by atoms with Gasteiger partial charge in [-0.05, 0) is 26.3 Å². The van der Waals surface area contributed by atoms with E-state index in [9.17, 15) is 0 Å². The molecule has 0 amide bonds. The molecule has 2 aromatic rings. The molecule has 4 heteroatoms. The molecule has 2 heterocycles. The molecule has 1 aliphatic rings. The summed E-state index contributed by atoms with van der Waals surface area (Å²) in [5.74, 6) is 0. The topological polar surface area (TPSA) is 42.2 Å². The van der Waals surface area contributed by atoms with Crippen molar-refractivity contribution >= 4 is 11.3 Å². The summed E-state index contributed by atoms with van der Waals surface area (Å²) in [6, 6.07) is 8.91. The molecule has 1 saturated heterocycles. The Bertz CT molecular complexity index is 561. The number of nitrogens with zero attached hydrogens (tertiary/aromatic N) is 2. The number of benzene rings is 1. The standard InChI is InChI=1S/C16H21N3S/c1-12-4-6-13(7-5-12)16-18-15(11-20-16)10-19-8-2-3-14(17)9-19/h4-7,11,14H,2-3,8-10,17H2,1H3/t14-/m1/s1. The highest BCUT2D eigenvalue weighted by molar-refractivity contribution is 7.13. The third-order valence-corrected chi connectivity index (χ3v) is 4.72. The molecule has 3 rings (SSSR count). The van der Waals surface area contributed by atoms with E-state index in [1.165, 1.54) is 23.2 Å². The van der Waals surface area contributed by atoms with Crippen molar-refractivity contribution in [3.8, 4) is 10.6 Å². The minimum absolute atomic E-state index is 0.332. The van der Waals surface area contributed by atoms with E-state index < -0.39 is 0 Å². The lowest BCUT2D eigenvalue weighted by Crippen LogP contribution is -2.42. The molecular weight excluding hydrogens is 266 g/mol. The molecule has 20 heavy (non-hydrogen) atoms. The van der Waals surface area contributed by atoms with Crippen LogP contribution in [0.25, 0.3) is 10.6 Å². The van der Waals surface area contributed by atoms with Crippen molar-refractivity contribution in [1.82, 2.24) is 9.88 Å². The number of aryl methyl sites for hydroxylation is 1.